The van der Waals surface area contributed by atoms with Crippen molar-refractivity contribution in [1.82, 2.24) is 0 Å². The monoisotopic (exact) mass is 188 g/mol. The third-order valence-corrected chi connectivity index (χ3v) is 2.69. The van der Waals surface area contributed by atoms with Gasteiger partial charge in [0.1, 0.15) is 6.17 Å². The molecule has 0 bridgehead atoms. The Balaban J connectivity index is 3.65. The van der Waals surface area contributed by atoms with E-state index < -0.39 is 6.17 Å². The highest BCUT2D eigenvalue weighted by atomic mass is 19.1. The lowest BCUT2D eigenvalue weighted by Gasteiger charge is -2.17. The summed E-state index contributed by atoms with van der Waals surface area (Å²) in [4.78, 5) is 0. The molecule has 0 fully saturated rings. The Labute approximate surface area is 82.9 Å². The Morgan fingerprint density at radius 3 is 2.15 bits per heavy atom. The van der Waals surface area contributed by atoms with E-state index in [0.29, 0.717) is 12.3 Å². The van der Waals surface area contributed by atoms with Crippen molar-refractivity contribution >= 4 is 0 Å². The summed E-state index contributed by atoms with van der Waals surface area (Å²) in [6.07, 6.45) is 7.06. The zero-order valence-corrected chi connectivity index (χ0v) is 9.48. The maximum Gasteiger partial charge on any atom is 0.100 e. The van der Waals surface area contributed by atoms with Crippen LogP contribution in [0.3, 0.4) is 0 Å². The molecule has 0 aliphatic heterocycles. The molecule has 0 heterocycles. The van der Waals surface area contributed by atoms with Gasteiger partial charge in [-0.05, 0) is 18.8 Å². The zero-order chi connectivity index (χ0) is 10.1. The lowest BCUT2D eigenvalue weighted by molar-refractivity contribution is 0.243. The minimum Gasteiger partial charge on any atom is -0.247 e. The fourth-order valence-corrected chi connectivity index (χ4v) is 1.81. The van der Waals surface area contributed by atoms with Gasteiger partial charge in [-0.2, -0.15) is 0 Å². The molecule has 1 heteroatoms. The maximum atomic E-state index is 13.1. The van der Waals surface area contributed by atoms with Crippen LogP contribution in [0.4, 0.5) is 4.39 Å². The summed E-state index contributed by atoms with van der Waals surface area (Å²) in [5.74, 6) is 0.639. The molecule has 13 heavy (non-hydrogen) atoms. The zero-order valence-electron chi connectivity index (χ0n) is 9.48. The van der Waals surface area contributed by atoms with Gasteiger partial charge in [-0.3, -0.25) is 0 Å². The molecule has 0 radical (unpaired) electrons. The fraction of sp³-hybridized carbons (Fsp3) is 1.00. The van der Waals surface area contributed by atoms with Gasteiger partial charge in [0, 0.05) is 0 Å². The molecule has 0 aromatic rings. The van der Waals surface area contributed by atoms with E-state index >= 15 is 0 Å². The average molecular weight is 188 g/mol. The second kappa shape index (κ2) is 8.52. The van der Waals surface area contributed by atoms with Crippen molar-refractivity contribution in [2.75, 3.05) is 0 Å². The quantitative estimate of drug-likeness (QED) is 0.516. The van der Waals surface area contributed by atoms with Gasteiger partial charge < -0.3 is 0 Å². The first-order valence-corrected chi connectivity index (χ1v) is 5.88. The molecule has 0 aliphatic rings. The molecule has 0 saturated carbocycles. The van der Waals surface area contributed by atoms with Gasteiger partial charge >= 0.3 is 0 Å². The van der Waals surface area contributed by atoms with Crippen molar-refractivity contribution in [3.8, 4) is 0 Å². The minimum atomic E-state index is -0.562. The van der Waals surface area contributed by atoms with E-state index in [-0.39, 0.29) is 0 Å². The van der Waals surface area contributed by atoms with Crippen LogP contribution >= 0.6 is 0 Å². The summed E-state index contributed by atoms with van der Waals surface area (Å²) >= 11 is 0. The summed E-state index contributed by atoms with van der Waals surface area (Å²) in [6.45, 7) is 6.33. The van der Waals surface area contributed by atoms with Gasteiger partial charge in [-0.1, -0.05) is 52.9 Å². The smallest absolute Gasteiger partial charge is 0.100 e. The largest absolute Gasteiger partial charge is 0.247 e. The molecule has 0 N–H and O–H groups in total. The number of hydrogen-bond donors (Lipinski definition) is 0. The number of rotatable bonds is 8. The summed E-state index contributed by atoms with van der Waals surface area (Å²) in [5, 5.41) is 0. The molecule has 0 saturated heterocycles. The Hall–Kier alpha value is -0.0700. The van der Waals surface area contributed by atoms with Gasteiger partial charge in [-0.25, -0.2) is 4.39 Å². The molecule has 0 spiro atoms. The Morgan fingerprint density at radius 2 is 1.69 bits per heavy atom. The second-order valence-electron chi connectivity index (χ2n) is 4.04. The number of unbranched alkanes of at least 4 members (excludes halogenated alkanes) is 1. The summed E-state index contributed by atoms with van der Waals surface area (Å²) in [6, 6.07) is 0. The summed E-state index contributed by atoms with van der Waals surface area (Å²) in [5.41, 5.74) is 0. The lowest BCUT2D eigenvalue weighted by Crippen LogP contribution is -2.08. The molecule has 0 aromatic carbocycles. The predicted octanol–water partition coefficient (Wildman–Crippen LogP) is 4.73. The number of halogens is 1. The van der Waals surface area contributed by atoms with Crippen LogP contribution in [0.15, 0.2) is 0 Å². The van der Waals surface area contributed by atoms with Crippen LogP contribution < -0.4 is 0 Å². The van der Waals surface area contributed by atoms with Gasteiger partial charge in [0.2, 0.25) is 0 Å². The van der Waals surface area contributed by atoms with E-state index in [2.05, 4.69) is 13.8 Å². The minimum absolute atomic E-state index is 0.562. The molecular weight excluding hydrogens is 163 g/mol. The van der Waals surface area contributed by atoms with Crippen LogP contribution in [0.5, 0.6) is 0 Å². The molecular formula is C12H25F. The van der Waals surface area contributed by atoms with Crippen LogP contribution in [0.2, 0.25) is 0 Å². The Bertz CT molecular complexity index is 101. The molecule has 0 amide bonds. The molecule has 2 unspecified atom stereocenters. The van der Waals surface area contributed by atoms with Crippen molar-refractivity contribution in [2.45, 2.75) is 71.9 Å². The van der Waals surface area contributed by atoms with Gasteiger partial charge in [-0.15, -0.1) is 0 Å². The van der Waals surface area contributed by atoms with Crippen molar-refractivity contribution in [2.24, 2.45) is 5.92 Å². The summed E-state index contributed by atoms with van der Waals surface area (Å²) in [7, 11) is 0. The van der Waals surface area contributed by atoms with E-state index in [4.69, 9.17) is 0 Å². The van der Waals surface area contributed by atoms with E-state index in [9.17, 15) is 4.39 Å². The fourth-order valence-electron chi connectivity index (χ4n) is 1.81. The average Bonchev–Trinajstić information content (AvgIpc) is 2.14. The third-order valence-electron chi connectivity index (χ3n) is 2.69. The molecule has 0 rings (SSSR count). The van der Waals surface area contributed by atoms with Gasteiger partial charge in [0.15, 0.2) is 0 Å². The first-order chi connectivity index (χ1) is 6.24. The number of hydrogen-bond acceptors (Lipinski definition) is 0. The summed E-state index contributed by atoms with van der Waals surface area (Å²) < 4.78 is 13.1. The molecule has 0 aliphatic carbocycles. The molecule has 80 valence electrons. The normalized spacial score (nSPS) is 15.7. The van der Waals surface area contributed by atoms with Gasteiger partial charge in [0.25, 0.3) is 0 Å². The maximum absolute atomic E-state index is 13.1. The highest BCUT2D eigenvalue weighted by Crippen LogP contribution is 2.22. The molecule has 0 aromatic heterocycles. The molecule has 2 atom stereocenters. The highest BCUT2D eigenvalue weighted by Gasteiger charge is 2.13. The predicted molar refractivity (Wildman–Crippen MR) is 57.7 cm³/mol. The van der Waals surface area contributed by atoms with Crippen molar-refractivity contribution in [1.29, 1.82) is 0 Å². The van der Waals surface area contributed by atoms with Crippen LogP contribution in [0, 0.1) is 5.92 Å². The first-order valence-electron chi connectivity index (χ1n) is 5.88. The van der Waals surface area contributed by atoms with Crippen LogP contribution in [0.25, 0.3) is 0 Å². The SMILES string of the molecule is CCCCC(CCC)CC(F)CC. The highest BCUT2D eigenvalue weighted by molar-refractivity contribution is 4.64. The number of alkyl halides is 1. The second-order valence-corrected chi connectivity index (χ2v) is 4.04. The van der Waals surface area contributed by atoms with Crippen molar-refractivity contribution in [3.63, 3.8) is 0 Å². The van der Waals surface area contributed by atoms with E-state index in [1.54, 1.807) is 0 Å². The van der Waals surface area contributed by atoms with Crippen LogP contribution in [-0.4, -0.2) is 6.17 Å². The van der Waals surface area contributed by atoms with E-state index in [1.165, 1.54) is 32.1 Å². The topological polar surface area (TPSA) is 0 Å². The van der Waals surface area contributed by atoms with Gasteiger partial charge in [0.05, 0.1) is 0 Å². The van der Waals surface area contributed by atoms with Crippen molar-refractivity contribution < 1.29 is 4.39 Å². The standard InChI is InChI=1S/C12H25F/c1-4-7-9-11(8-5-2)10-12(13)6-3/h11-12H,4-10H2,1-3H3. The van der Waals surface area contributed by atoms with E-state index in [1.807, 2.05) is 6.92 Å². The molecule has 0 nitrogen and oxygen atoms in total. The lowest BCUT2D eigenvalue weighted by atomic mass is 9.91. The van der Waals surface area contributed by atoms with Crippen molar-refractivity contribution in [3.05, 3.63) is 0 Å². The Kier molecular flexibility index (Phi) is 8.48. The van der Waals surface area contributed by atoms with Crippen LogP contribution in [0.1, 0.15) is 65.7 Å². The Morgan fingerprint density at radius 1 is 1.00 bits per heavy atom. The van der Waals surface area contributed by atoms with E-state index in [0.717, 1.165) is 6.42 Å². The third kappa shape index (κ3) is 7.04. The van der Waals surface area contributed by atoms with Crippen LogP contribution in [-0.2, 0) is 0 Å². The first kappa shape index (κ1) is 12.9.